The summed E-state index contributed by atoms with van der Waals surface area (Å²) < 4.78 is 22.5. The number of carbonyl (C=O) groups excluding carboxylic acids is 5. The molecule has 0 amide bonds. The second kappa shape index (κ2) is 37.0. The average Bonchev–Trinajstić information content (AvgIpc) is 3.41. The number of benzene rings is 1. The molecule has 1 aromatic rings. The van der Waals surface area contributed by atoms with Crippen LogP contribution in [-0.2, 0) is 38.1 Å². The van der Waals surface area contributed by atoms with Gasteiger partial charge in [-0.15, -0.1) is 0 Å². The van der Waals surface area contributed by atoms with Crippen LogP contribution < -0.4 is 11.1 Å². The molecule has 3 rings (SSSR count). The smallest absolute Gasteiger partial charge is 0.313 e. The van der Waals surface area contributed by atoms with Crippen molar-refractivity contribution in [1.82, 2.24) is 0 Å². The fraction of sp³-hybridized carbons (Fsp3) is 0.583. The summed E-state index contributed by atoms with van der Waals surface area (Å²) in [5.41, 5.74) is 7.31. The lowest BCUT2D eigenvalue weighted by molar-refractivity contribution is -0.277. The van der Waals surface area contributed by atoms with E-state index in [0.717, 1.165) is 12.8 Å². The molecule has 13 N–H and O–H groups in total. The molecule has 2 heterocycles. The number of cyclic esters (lactones) is 1. The second-order valence-electron chi connectivity index (χ2n) is 21.1. The number of ether oxygens (including phenoxy) is 4. The van der Waals surface area contributed by atoms with Gasteiger partial charge in [0, 0.05) is 62.7 Å². The van der Waals surface area contributed by atoms with E-state index in [1.807, 2.05) is 19.9 Å². The monoisotopic (exact) mass is 1140 g/mol. The van der Waals surface area contributed by atoms with Crippen molar-refractivity contribution >= 4 is 35.0 Å². The number of rotatable bonds is 11. The van der Waals surface area contributed by atoms with Crippen LogP contribution in [0.15, 0.2) is 109 Å². The highest BCUT2D eigenvalue weighted by Gasteiger charge is 2.43. The van der Waals surface area contributed by atoms with Crippen LogP contribution in [0.25, 0.3) is 0 Å². The molecule has 1 fully saturated rings. The SMILES string of the molecule is CNc1ccc(C(=O)CC(O)CCC(C)C2OC(=O)CC(O)CC(=O)CC(O)CC(O)CC(O)CC(O)CC(=O)CC(O)C(C(=O)OC)C(O)CC(OC3O[C@H](C)[C@@H](O)[C@H](N)[C@@H]3O)/C=C/C=C/C=C/C=C/C=C/C=C/C=C/C2C)cc1. The van der Waals surface area contributed by atoms with Crippen molar-refractivity contribution in [2.45, 2.75) is 190 Å². The maximum absolute atomic E-state index is 13.3. The van der Waals surface area contributed by atoms with Crippen LogP contribution in [0.2, 0.25) is 0 Å². The van der Waals surface area contributed by atoms with Crippen molar-refractivity contribution < 1.29 is 94.0 Å². The van der Waals surface area contributed by atoms with E-state index in [9.17, 15) is 75.0 Å². The molecule has 452 valence electrons. The molecule has 0 spiro atoms. The first-order valence-electron chi connectivity index (χ1n) is 27.6. The minimum Gasteiger partial charge on any atom is -0.469 e. The summed E-state index contributed by atoms with van der Waals surface area (Å²) in [5, 5.41) is 111. The maximum atomic E-state index is 13.3. The molecule has 0 aliphatic carbocycles. The standard InChI is InChI=1S/C60H88N2O19/c1-36-18-16-14-12-10-8-6-7-9-11-13-15-17-19-49(80-60-57(76)55(61)56(75)38(3)79-60)35-52(73)54(59(77)78-5)51(72)33-47(69)30-45(67)28-43(65)26-42(64)27-44(66)29-46(68)31-48(70)34-53(74)81-58(36)37(2)20-25-41(63)32-50(71)39-21-23-40(62-4)24-22-39/h6-19,21-24,36-38,41-45,48-49,51-52,54-58,60,62-67,70,72-73,75-76H,20,25-35,61H2,1-5H3/b7-6+,10-8+,11-9+,14-12+,15-13+,18-16+,19-17+/t36?,37?,38-,41?,42?,43?,44?,45?,48?,49?,51?,52?,54?,55+,56-,57+,58?,60?/m1/s1. The number of nitrogens with one attached hydrogen (secondary N) is 1. The highest BCUT2D eigenvalue weighted by Crippen LogP contribution is 2.28. The molecule has 1 saturated heterocycles. The number of esters is 2. The summed E-state index contributed by atoms with van der Waals surface area (Å²) in [4.78, 5) is 65.2. The summed E-state index contributed by atoms with van der Waals surface area (Å²) in [6.45, 7) is 5.21. The van der Waals surface area contributed by atoms with E-state index in [1.165, 1.54) is 13.0 Å². The molecule has 0 radical (unpaired) electrons. The number of nitrogens with two attached hydrogens (primary N) is 1. The van der Waals surface area contributed by atoms with Gasteiger partial charge in [-0.3, -0.25) is 24.0 Å². The van der Waals surface area contributed by atoms with Gasteiger partial charge < -0.3 is 81.1 Å². The lowest BCUT2D eigenvalue weighted by Crippen LogP contribution is -2.61. The molecule has 14 unspecified atom stereocenters. The van der Waals surface area contributed by atoms with Gasteiger partial charge in [-0.25, -0.2) is 0 Å². The Hall–Kier alpha value is -5.37. The van der Waals surface area contributed by atoms with E-state index < -0.39 is 166 Å². The van der Waals surface area contributed by atoms with Gasteiger partial charge in [0.15, 0.2) is 12.1 Å². The molecule has 0 aromatic heterocycles. The lowest BCUT2D eigenvalue weighted by Gasteiger charge is -2.41. The van der Waals surface area contributed by atoms with Gasteiger partial charge in [-0.2, -0.15) is 0 Å². The molecule has 21 heteroatoms. The van der Waals surface area contributed by atoms with Crippen molar-refractivity contribution in [3.8, 4) is 0 Å². The van der Waals surface area contributed by atoms with E-state index in [2.05, 4.69) is 5.32 Å². The molecule has 1 aromatic carbocycles. The van der Waals surface area contributed by atoms with Crippen molar-refractivity contribution in [2.24, 2.45) is 23.5 Å². The average molecular weight is 1140 g/mol. The van der Waals surface area contributed by atoms with E-state index in [-0.39, 0.29) is 43.3 Å². The van der Waals surface area contributed by atoms with Gasteiger partial charge in [0.1, 0.15) is 29.7 Å². The van der Waals surface area contributed by atoms with Crippen LogP contribution in [0.3, 0.4) is 0 Å². The largest absolute Gasteiger partial charge is 0.469 e. The number of anilines is 1. The zero-order chi connectivity index (χ0) is 60.2. The van der Waals surface area contributed by atoms with Crippen LogP contribution in [0, 0.1) is 17.8 Å². The number of aliphatic hydroxyl groups is 10. The summed E-state index contributed by atoms with van der Waals surface area (Å²) in [6.07, 6.45) is 1.41. The maximum Gasteiger partial charge on any atom is 0.313 e. The summed E-state index contributed by atoms with van der Waals surface area (Å²) in [6, 6.07) is 5.74. The first-order chi connectivity index (χ1) is 38.4. The van der Waals surface area contributed by atoms with Gasteiger partial charge >= 0.3 is 11.9 Å². The molecule has 21 nitrogen and oxygen atoms in total. The first-order valence-corrected chi connectivity index (χ1v) is 27.6. The Kier molecular flexibility index (Phi) is 31.9. The molecular formula is C60H88N2O19. The Morgan fingerprint density at radius 2 is 1.16 bits per heavy atom. The zero-order valence-electron chi connectivity index (χ0n) is 47.0. The van der Waals surface area contributed by atoms with E-state index in [1.54, 1.807) is 104 Å². The number of methoxy groups -OCH3 is 1. The number of allylic oxidation sites excluding steroid dienone is 12. The Balaban J connectivity index is 1.84. The van der Waals surface area contributed by atoms with Crippen molar-refractivity contribution in [3.05, 3.63) is 115 Å². The quantitative estimate of drug-likeness (QED) is 0.112. The number of aliphatic hydroxyl groups excluding tert-OH is 10. The third kappa shape index (κ3) is 26.2. The van der Waals surface area contributed by atoms with Crippen molar-refractivity contribution in [1.29, 1.82) is 0 Å². The summed E-state index contributed by atoms with van der Waals surface area (Å²) in [7, 11) is 2.78. The third-order valence-corrected chi connectivity index (χ3v) is 14.0. The Labute approximate surface area is 474 Å². The highest BCUT2D eigenvalue weighted by molar-refractivity contribution is 5.96. The van der Waals surface area contributed by atoms with Crippen LogP contribution in [0.5, 0.6) is 0 Å². The molecule has 18 atom stereocenters. The number of hydrogen-bond donors (Lipinski definition) is 12. The summed E-state index contributed by atoms with van der Waals surface area (Å²) in [5.74, 6) is -5.91. The minimum atomic E-state index is -1.84. The van der Waals surface area contributed by atoms with Crippen LogP contribution >= 0.6 is 0 Å². The van der Waals surface area contributed by atoms with Crippen LogP contribution in [-0.4, -0.2) is 186 Å². The van der Waals surface area contributed by atoms with Gasteiger partial charge in [0.2, 0.25) is 0 Å². The highest BCUT2D eigenvalue weighted by atomic mass is 16.7. The second-order valence-corrected chi connectivity index (χ2v) is 21.1. The predicted molar refractivity (Wildman–Crippen MR) is 301 cm³/mol. The summed E-state index contributed by atoms with van der Waals surface area (Å²) >= 11 is 0. The van der Waals surface area contributed by atoms with E-state index in [0.29, 0.717) is 12.0 Å². The molecule has 2 aliphatic rings. The molecule has 0 bridgehead atoms. The topological polar surface area (TPSA) is 363 Å². The Morgan fingerprint density at radius 3 is 1.70 bits per heavy atom. The molecule has 81 heavy (non-hydrogen) atoms. The van der Waals surface area contributed by atoms with E-state index in [4.69, 9.17) is 24.7 Å². The molecule has 2 aliphatic heterocycles. The fourth-order valence-electron chi connectivity index (χ4n) is 9.50. The van der Waals surface area contributed by atoms with Gasteiger partial charge in [0.25, 0.3) is 0 Å². The van der Waals surface area contributed by atoms with Crippen LogP contribution in [0.1, 0.15) is 108 Å². The predicted octanol–water partition coefficient (Wildman–Crippen LogP) is 2.68. The minimum absolute atomic E-state index is 0.109. The zero-order valence-corrected chi connectivity index (χ0v) is 47.0. The van der Waals surface area contributed by atoms with Crippen LogP contribution in [0.4, 0.5) is 5.69 Å². The molecule has 0 saturated carbocycles. The van der Waals surface area contributed by atoms with Gasteiger partial charge in [0.05, 0.1) is 86.7 Å². The normalized spacial score (nSPS) is 35.5. The number of hydrogen-bond acceptors (Lipinski definition) is 21. The number of carbonyl (C=O) groups is 5. The van der Waals surface area contributed by atoms with Gasteiger partial charge in [-0.05, 0) is 69.2 Å². The third-order valence-electron chi connectivity index (χ3n) is 14.0. The first kappa shape index (κ1) is 69.9. The number of ketones is 3. The lowest BCUT2D eigenvalue weighted by atomic mass is 9.88. The van der Waals surface area contributed by atoms with E-state index >= 15 is 0 Å². The molecular weight excluding hydrogens is 1050 g/mol. The fourth-order valence-corrected chi connectivity index (χ4v) is 9.50. The van der Waals surface area contributed by atoms with Crippen molar-refractivity contribution in [3.63, 3.8) is 0 Å². The van der Waals surface area contributed by atoms with Crippen molar-refractivity contribution in [2.75, 3.05) is 19.5 Å². The Morgan fingerprint density at radius 1 is 0.654 bits per heavy atom. The Bertz CT molecular complexity index is 2300. The number of Topliss-reactive ketones (excluding diaryl/α,β-unsaturated/α-hetero) is 3. The van der Waals surface area contributed by atoms with Gasteiger partial charge in [-0.1, -0.05) is 98.9 Å².